The van der Waals surface area contributed by atoms with Crippen LogP contribution in [0, 0.1) is 5.92 Å². The minimum atomic E-state index is -0.598. The van der Waals surface area contributed by atoms with Crippen LogP contribution in [0.15, 0.2) is 0 Å². The lowest BCUT2D eigenvalue weighted by molar-refractivity contribution is 0.0443. The number of hydrogen-bond acceptors (Lipinski definition) is 2. The Hall–Kier alpha value is -0.0800. The molecule has 1 aliphatic carbocycles. The average Bonchev–Trinajstić information content (AvgIpc) is 2.79. The molecule has 0 spiro atoms. The van der Waals surface area contributed by atoms with Crippen molar-refractivity contribution in [1.29, 1.82) is 0 Å². The Morgan fingerprint density at radius 3 is 2.54 bits per heavy atom. The monoisotopic (exact) mass is 185 g/mol. The van der Waals surface area contributed by atoms with Crippen molar-refractivity contribution < 1.29 is 5.11 Å². The van der Waals surface area contributed by atoms with Gasteiger partial charge in [-0.15, -0.1) is 0 Å². The first-order chi connectivity index (χ1) is 6.00. The van der Waals surface area contributed by atoms with Gasteiger partial charge in [-0.3, -0.25) is 0 Å². The SMILES string of the molecule is CC(NCCCC1CC1)C(C)(C)O. The normalized spacial score (nSPS) is 20.3. The zero-order chi connectivity index (χ0) is 9.90. The molecule has 1 saturated carbocycles. The molecule has 2 N–H and O–H groups in total. The van der Waals surface area contributed by atoms with E-state index in [1.165, 1.54) is 25.7 Å². The first-order valence-corrected chi connectivity index (χ1v) is 5.46. The molecule has 2 heteroatoms. The van der Waals surface area contributed by atoms with Crippen LogP contribution in [-0.2, 0) is 0 Å². The van der Waals surface area contributed by atoms with Crippen molar-refractivity contribution in [2.45, 2.75) is 58.1 Å². The predicted octanol–water partition coefficient (Wildman–Crippen LogP) is 1.93. The van der Waals surface area contributed by atoms with E-state index in [0.29, 0.717) is 0 Å². The fourth-order valence-corrected chi connectivity index (χ4v) is 1.37. The van der Waals surface area contributed by atoms with Gasteiger partial charge in [0.05, 0.1) is 5.60 Å². The van der Waals surface area contributed by atoms with Gasteiger partial charge in [-0.1, -0.05) is 12.8 Å². The highest BCUT2D eigenvalue weighted by Crippen LogP contribution is 2.33. The second kappa shape index (κ2) is 4.43. The van der Waals surface area contributed by atoms with E-state index in [2.05, 4.69) is 5.32 Å². The Balaban J connectivity index is 1.97. The maximum Gasteiger partial charge on any atom is 0.0741 e. The van der Waals surface area contributed by atoms with Crippen LogP contribution in [0.25, 0.3) is 0 Å². The third kappa shape index (κ3) is 4.63. The minimum Gasteiger partial charge on any atom is -0.389 e. The third-order valence-corrected chi connectivity index (χ3v) is 3.00. The summed E-state index contributed by atoms with van der Waals surface area (Å²) in [6.45, 7) is 6.79. The van der Waals surface area contributed by atoms with Crippen molar-refractivity contribution in [1.82, 2.24) is 5.32 Å². The molecule has 13 heavy (non-hydrogen) atoms. The van der Waals surface area contributed by atoms with Gasteiger partial charge in [-0.05, 0) is 46.1 Å². The average molecular weight is 185 g/mol. The van der Waals surface area contributed by atoms with Crippen LogP contribution < -0.4 is 5.32 Å². The summed E-state index contributed by atoms with van der Waals surface area (Å²) in [7, 11) is 0. The van der Waals surface area contributed by atoms with Crippen LogP contribution in [0.5, 0.6) is 0 Å². The molecule has 0 amide bonds. The highest BCUT2D eigenvalue weighted by molar-refractivity contribution is 4.80. The topological polar surface area (TPSA) is 32.3 Å². The third-order valence-electron chi connectivity index (χ3n) is 3.00. The Labute approximate surface area is 81.7 Å². The van der Waals surface area contributed by atoms with Crippen LogP contribution >= 0.6 is 0 Å². The molecule has 0 saturated heterocycles. The Kier molecular flexibility index (Phi) is 3.74. The zero-order valence-corrected chi connectivity index (χ0v) is 9.14. The summed E-state index contributed by atoms with van der Waals surface area (Å²) in [5.74, 6) is 1.03. The van der Waals surface area contributed by atoms with E-state index in [0.717, 1.165) is 12.5 Å². The summed E-state index contributed by atoms with van der Waals surface area (Å²) in [6.07, 6.45) is 5.51. The molecule has 0 radical (unpaired) electrons. The van der Waals surface area contributed by atoms with Crippen LogP contribution in [0.3, 0.4) is 0 Å². The number of nitrogens with one attached hydrogen (secondary N) is 1. The van der Waals surface area contributed by atoms with E-state index >= 15 is 0 Å². The minimum absolute atomic E-state index is 0.187. The van der Waals surface area contributed by atoms with Crippen LogP contribution in [-0.4, -0.2) is 23.3 Å². The summed E-state index contributed by atoms with van der Waals surface area (Å²) >= 11 is 0. The van der Waals surface area contributed by atoms with Gasteiger partial charge >= 0.3 is 0 Å². The van der Waals surface area contributed by atoms with Crippen molar-refractivity contribution in [2.75, 3.05) is 6.54 Å². The standard InChI is InChI=1S/C11H23NO/c1-9(11(2,3)13)12-8-4-5-10-6-7-10/h9-10,12-13H,4-8H2,1-3H3. The molecule has 0 aromatic heterocycles. The van der Waals surface area contributed by atoms with E-state index in [1.54, 1.807) is 0 Å². The maximum absolute atomic E-state index is 9.64. The first-order valence-electron chi connectivity index (χ1n) is 5.46. The van der Waals surface area contributed by atoms with E-state index in [4.69, 9.17) is 0 Å². The van der Waals surface area contributed by atoms with Gasteiger partial charge < -0.3 is 10.4 Å². The zero-order valence-electron chi connectivity index (χ0n) is 9.14. The molecule has 0 heterocycles. The molecular formula is C11H23NO. The molecule has 0 aromatic rings. The lowest BCUT2D eigenvalue weighted by Crippen LogP contribution is -2.44. The molecule has 1 rings (SSSR count). The molecule has 0 bridgehead atoms. The van der Waals surface area contributed by atoms with Gasteiger partial charge in [0.25, 0.3) is 0 Å². The van der Waals surface area contributed by atoms with Crippen molar-refractivity contribution in [3.05, 3.63) is 0 Å². The van der Waals surface area contributed by atoms with Gasteiger partial charge in [-0.2, -0.15) is 0 Å². The molecule has 1 fully saturated rings. The molecule has 0 aliphatic heterocycles. The van der Waals surface area contributed by atoms with Gasteiger partial charge in [0, 0.05) is 6.04 Å². The van der Waals surface area contributed by atoms with E-state index in [-0.39, 0.29) is 6.04 Å². The smallest absolute Gasteiger partial charge is 0.0741 e. The maximum atomic E-state index is 9.64. The lowest BCUT2D eigenvalue weighted by atomic mass is 10.0. The van der Waals surface area contributed by atoms with E-state index in [1.807, 2.05) is 20.8 Å². The van der Waals surface area contributed by atoms with Gasteiger partial charge in [-0.25, -0.2) is 0 Å². The molecule has 0 aromatic carbocycles. The van der Waals surface area contributed by atoms with Crippen LogP contribution in [0.2, 0.25) is 0 Å². The predicted molar refractivity (Wildman–Crippen MR) is 55.7 cm³/mol. The van der Waals surface area contributed by atoms with E-state index in [9.17, 15) is 5.11 Å². The molecule has 2 nitrogen and oxygen atoms in total. The molecule has 1 unspecified atom stereocenters. The quantitative estimate of drug-likeness (QED) is 0.620. The number of aliphatic hydroxyl groups is 1. The van der Waals surface area contributed by atoms with Crippen LogP contribution in [0.4, 0.5) is 0 Å². The molecule has 78 valence electrons. The lowest BCUT2D eigenvalue weighted by Gasteiger charge is -2.26. The molecule has 1 atom stereocenters. The summed E-state index contributed by atoms with van der Waals surface area (Å²) in [5, 5.41) is 13.0. The van der Waals surface area contributed by atoms with E-state index < -0.39 is 5.60 Å². The Morgan fingerprint density at radius 1 is 1.46 bits per heavy atom. The fourth-order valence-electron chi connectivity index (χ4n) is 1.37. The summed E-state index contributed by atoms with van der Waals surface area (Å²) in [5.41, 5.74) is -0.598. The Bertz CT molecular complexity index is 147. The summed E-state index contributed by atoms with van der Waals surface area (Å²) in [4.78, 5) is 0. The van der Waals surface area contributed by atoms with Gasteiger partial charge in [0.1, 0.15) is 0 Å². The van der Waals surface area contributed by atoms with Gasteiger partial charge in [0.2, 0.25) is 0 Å². The van der Waals surface area contributed by atoms with Crippen LogP contribution in [0.1, 0.15) is 46.5 Å². The number of rotatable bonds is 6. The van der Waals surface area contributed by atoms with Gasteiger partial charge in [0.15, 0.2) is 0 Å². The molecule has 1 aliphatic rings. The highest BCUT2D eigenvalue weighted by atomic mass is 16.3. The Morgan fingerprint density at radius 2 is 2.08 bits per heavy atom. The van der Waals surface area contributed by atoms with Crippen molar-refractivity contribution in [2.24, 2.45) is 5.92 Å². The summed E-state index contributed by atoms with van der Waals surface area (Å²) < 4.78 is 0. The number of hydrogen-bond donors (Lipinski definition) is 2. The van der Waals surface area contributed by atoms with Crippen molar-refractivity contribution in [3.8, 4) is 0 Å². The summed E-state index contributed by atoms with van der Waals surface area (Å²) in [6, 6.07) is 0.187. The van der Waals surface area contributed by atoms with Crippen molar-refractivity contribution >= 4 is 0 Å². The first kappa shape index (κ1) is 11.0. The van der Waals surface area contributed by atoms with Crippen molar-refractivity contribution in [3.63, 3.8) is 0 Å². The fraction of sp³-hybridized carbons (Fsp3) is 1.00. The second-order valence-corrected chi connectivity index (χ2v) is 4.92. The largest absolute Gasteiger partial charge is 0.389 e. The highest BCUT2D eigenvalue weighted by Gasteiger charge is 2.22. The second-order valence-electron chi connectivity index (χ2n) is 4.92. The molecular weight excluding hydrogens is 162 g/mol.